The molecule has 120 valence electrons. The lowest BCUT2D eigenvalue weighted by molar-refractivity contribution is -0.115. The first-order valence-corrected chi connectivity index (χ1v) is 7.41. The van der Waals surface area contributed by atoms with Gasteiger partial charge in [-0.1, -0.05) is 19.1 Å². The molecule has 0 saturated carbocycles. The topological polar surface area (TPSA) is 52.6 Å². The van der Waals surface area contributed by atoms with E-state index in [1.807, 2.05) is 25.2 Å². The number of allylic oxidation sites excluding steroid dienone is 10. The summed E-state index contributed by atoms with van der Waals surface area (Å²) in [6, 6.07) is 0. The monoisotopic (exact) mass is 312 g/mol. The van der Waals surface area contributed by atoms with Crippen LogP contribution in [0.5, 0.6) is 0 Å². The van der Waals surface area contributed by atoms with Gasteiger partial charge in [0.15, 0.2) is 11.5 Å². The highest BCUT2D eigenvalue weighted by Gasteiger charge is 2.19. The van der Waals surface area contributed by atoms with Gasteiger partial charge in [-0.15, -0.1) is 0 Å². The average Bonchev–Trinajstić information content (AvgIpc) is 2.56. The van der Waals surface area contributed by atoms with E-state index in [9.17, 15) is 9.59 Å². The third-order valence-electron chi connectivity index (χ3n) is 3.71. The van der Waals surface area contributed by atoms with Gasteiger partial charge in [-0.25, -0.2) is 0 Å². The molecule has 23 heavy (non-hydrogen) atoms. The van der Waals surface area contributed by atoms with Gasteiger partial charge in [-0.3, -0.25) is 9.59 Å². The van der Waals surface area contributed by atoms with E-state index in [1.165, 1.54) is 14.2 Å². The van der Waals surface area contributed by atoms with Crippen LogP contribution in [0, 0.1) is 0 Å². The minimum Gasteiger partial charge on any atom is -0.493 e. The summed E-state index contributed by atoms with van der Waals surface area (Å²) in [5.74, 6) is 0.495. The molecule has 0 aromatic carbocycles. The van der Waals surface area contributed by atoms with E-state index in [-0.39, 0.29) is 11.6 Å². The van der Waals surface area contributed by atoms with Gasteiger partial charge in [-0.05, 0) is 48.8 Å². The molecular formula is C19H20O4. The van der Waals surface area contributed by atoms with Crippen molar-refractivity contribution >= 4 is 11.6 Å². The lowest BCUT2D eigenvalue weighted by Gasteiger charge is -2.13. The first-order chi connectivity index (χ1) is 11.0. The summed E-state index contributed by atoms with van der Waals surface area (Å²) in [7, 11) is 2.97. The fourth-order valence-electron chi connectivity index (χ4n) is 2.40. The van der Waals surface area contributed by atoms with E-state index in [2.05, 4.69) is 0 Å². The highest BCUT2D eigenvalue weighted by molar-refractivity contribution is 6.09. The Kier molecular flexibility index (Phi) is 5.16. The van der Waals surface area contributed by atoms with Crippen LogP contribution in [0.2, 0.25) is 0 Å². The maximum Gasteiger partial charge on any atom is 0.223 e. The standard InChI is InChI=1S/C19H20O4/c1-5-15-9-14(11-17(23-4)19(15)21)7-6-13-8-12(2)18(20)16(10-13)22-3/h6-11H,5H2,1-4H3/b13-6-,14-7-. The number of carbonyl (C=O) groups excluding carboxylic acids is 2. The second kappa shape index (κ2) is 7.09. The molecular weight excluding hydrogens is 292 g/mol. The van der Waals surface area contributed by atoms with Crippen molar-refractivity contribution in [3.05, 3.63) is 70.3 Å². The number of ketones is 2. The minimum absolute atomic E-state index is 0.0691. The van der Waals surface area contributed by atoms with Crippen LogP contribution >= 0.6 is 0 Å². The van der Waals surface area contributed by atoms with E-state index in [4.69, 9.17) is 9.47 Å². The fourth-order valence-corrected chi connectivity index (χ4v) is 2.40. The fraction of sp³-hybridized carbons (Fsp3) is 0.263. The zero-order valence-corrected chi connectivity index (χ0v) is 13.8. The van der Waals surface area contributed by atoms with Crippen molar-refractivity contribution in [1.29, 1.82) is 0 Å². The molecule has 2 rings (SSSR count). The summed E-state index contributed by atoms with van der Waals surface area (Å²) in [5.41, 5.74) is 3.08. The Hall–Kier alpha value is -2.62. The van der Waals surface area contributed by atoms with Gasteiger partial charge in [0.1, 0.15) is 0 Å². The molecule has 0 radical (unpaired) electrons. The molecule has 0 bridgehead atoms. The molecule has 0 heterocycles. The van der Waals surface area contributed by atoms with Crippen LogP contribution in [0.1, 0.15) is 20.3 Å². The highest BCUT2D eigenvalue weighted by atomic mass is 16.5. The number of hydrogen-bond acceptors (Lipinski definition) is 4. The zero-order valence-electron chi connectivity index (χ0n) is 13.8. The smallest absolute Gasteiger partial charge is 0.223 e. The van der Waals surface area contributed by atoms with Crippen LogP contribution < -0.4 is 0 Å². The average molecular weight is 312 g/mol. The number of ether oxygens (including phenoxy) is 2. The number of Topliss-reactive ketones (excluding diaryl/α,β-unsaturated/α-hetero) is 2. The molecule has 0 aliphatic heterocycles. The summed E-state index contributed by atoms with van der Waals surface area (Å²) in [6.45, 7) is 3.69. The summed E-state index contributed by atoms with van der Waals surface area (Å²) < 4.78 is 10.2. The lowest BCUT2D eigenvalue weighted by atomic mass is 9.96. The van der Waals surface area contributed by atoms with Crippen LogP contribution in [-0.4, -0.2) is 25.8 Å². The van der Waals surface area contributed by atoms with Gasteiger partial charge in [0.05, 0.1) is 14.2 Å². The van der Waals surface area contributed by atoms with Gasteiger partial charge in [0.25, 0.3) is 0 Å². The quantitative estimate of drug-likeness (QED) is 0.799. The van der Waals surface area contributed by atoms with Crippen molar-refractivity contribution in [1.82, 2.24) is 0 Å². The van der Waals surface area contributed by atoms with Crippen molar-refractivity contribution in [3.8, 4) is 0 Å². The maximum atomic E-state index is 12.0. The van der Waals surface area contributed by atoms with Crippen LogP contribution in [-0.2, 0) is 19.1 Å². The zero-order chi connectivity index (χ0) is 17.0. The lowest BCUT2D eigenvalue weighted by Crippen LogP contribution is -2.11. The largest absolute Gasteiger partial charge is 0.493 e. The minimum atomic E-state index is -0.102. The first-order valence-electron chi connectivity index (χ1n) is 7.41. The predicted octanol–water partition coefficient (Wildman–Crippen LogP) is 3.35. The van der Waals surface area contributed by atoms with Crippen molar-refractivity contribution in [3.63, 3.8) is 0 Å². The normalized spacial score (nSPS) is 21.7. The Morgan fingerprint density at radius 3 is 1.91 bits per heavy atom. The number of rotatable bonds is 4. The molecule has 4 heteroatoms. The SMILES string of the molecule is CCC1=C/C(=C/C=C2/C=C(C)C(=O)C(OC)=C2)C=C(OC)C1=O. The van der Waals surface area contributed by atoms with Gasteiger partial charge in [-0.2, -0.15) is 0 Å². The summed E-state index contributed by atoms with van der Waals surface area (Å²) in [4.78, 5) is 23.9. The molecule has 0 amide bonds. The van der Waals surface area contributed by atoms with Crippen molar-refractivity contribution in [2.24, 2.45) is 0 Å². The summed E-state index contributed by atoms with van der Waals surface area (Å²) in [6.07, 6.45) is 11.5. The van der Waals surface area contributed by atoms with E-state index < -0.39 is 0 Å². The number of hydrogen-bond donors (Lipinski definition) is 0. The van der Waals surface area contributed by atoms with Gasteiger partial charge in [0, 0.05) is 11.1 Å². The van der Waals surface area contributed by atoms with Crippen LogP contribution in [0.3, 0.4) is 0 Å². The van der Waals surface area contributed by atoms with Gasteiger partial charge >= 0.3 is 0 Å². The first kappa shape index (κ1) is 16.7. The molecule has 4 nitrogen and oxygen atoms in total. The Bertz CT molecular complexity index is 698. The third-order valence-corrected chi connectivity index (χ3v) is 3.71. The van der Waals surface area contributed by atoms with Gasteiger partial charge < -0.3 is 9.47 Å². The molecule has 2 aliphatic rings. The molecule has 0 aromatic heterocycles. The van der Waals surface area contributed by atoms with E-state index in [0.29, 0.717) is 29.1 Å². The summed E-state index contributed by atoms with van der Waals surface area (Å²) >= 11 is 0. The third kappa shape index (κ3) is 3.59. The van der Waals surface area contributed by atoms with Crippen LogP contribution in [0.25, 0.3) is 0 Å². The van der Waals surface area contributed by atoms with E-state index in [0.717, 1.165) is 11.1 Å². The van der Waals surface area contributed by atoms with Gasteiger partial charge in [0.2, 0.25) is 11.6 Å². The Morgan fingerprint density at radius 1 is 0.870 bits per heavy atom. The number of carbonyl (C=O) groups is 2. The Labute approximate surface area is 136 Å². The second-order valence-electron chi connectivity index (χ2n) is 5.27. The Balaban J connectivity index is 2.37. The van der Waals surface area contributed by atoms with Crippen molar-refractivity contribution in [2.75, 3.05) is 14.2 Å². The van der Waals surface area contributed by atoms with Crippen LogP contribution in [0.15, 0.2) is 70.3 Å². The van der Waals surface area contributed by atoms with Crippen LogP contribution in [0.4, 0.5) is 0 Å². The van der Waals surface area contributed by atoms with Crippen molar-refractivity contribution in [2.45, 2.75) is 20.3 Å². The molecule has 0 N–H and O–H groups in total. The number of methoxy groups -OCH3 is 2. The predicted molar refractivity (Wildman–Crippen MR) is 88.5 cm³/mol. The molecule has 0 fully saturated rings. The van der Waals surface area contributed by atoms with Crippen molar-refractivity contribution < 1.29 is 19.1 Å². The molecule has 0 atom stereocenters. The molecule has 0 unspecified atom stereocenters. The highest BCUT2D eigenvalue weighted by Crippen LogP contribution is 2.23. The molecule has 2 aliphatic carbocycles. The maximum absolute atomic E-state index is 12.0. The molecule has 0 spiro atoms. The Morgan fingerprint density at radius 2 is 1.39 bits per heavy atom. The second-order valence-corrected chi connectivity index (χ2v) is 5.27. The molecule has 0 saturated heterocycles. The van der Waals surface area contributed by atoms with E-state index in [1.54, 1.807) is 25.2 Å². The summed E-state index contributed by atoms with van der Waals surface area (Å²) in [5, 5.41) is 0. The molecule has 0 aromatic rings. The van der Waals surface area contributed by atoms with E-state index >= 15 is 0 Å².